The van der Waals surface area contributed by atoms with Crippen molar-refractivity contribution in [1.29, 1.82) is 0 Å². The summed E-state index contributed by atoms with van der Waals surface area (Å²) in [5.74, 6) is -1.16. The van der Waals surface area contributed by atoms with E-state index in [4.69, 9.17) is 4.74 Å². The maximum Gasteiger partial charge on any atom is 0.338 e. The van der Waals surface area contributed by atoms with Gasteiger partial charge >= 0.3 is 5.97 Å². The molecule has 0 radical (unpaired) electrons. The number of sulfonamides is 1. The van der Waals surface area contributed by atoms with E-state index in [1.54, 1.807) is 26.0 Å². The smallest absolute Gasteiger partial charge is 0.338 e. The molecule has 0 saturated heterocycles. The molecule has 0 spiro atoms. The second-order valence-corrected chi connectivity index (χ2v) is 7.20. The predicted octanol–water partition coefficient (Wildman–Crippen LogP) is 1.65. The zero-order valence-corrected chi connectivity index (χ0v) is 15.8. The van der Waals surface area contributed by atoms with Crippen molar-refractivity contribution in [2.24, 2.45) is 0 Å². The fourth-order valence-electron chi connectivity index (χ4n) is 2.15. The van der Waals surface area contributed by atoms with Crippen molar-refractivity contribution in [1.82, 2.24) is 9.62 Å². The average molecular weight is 380 g/mol. The normalized spacial score (nSPS) is 10.8. The lowest BCUT2D eigenvalue weighted by Gasteiger charge is -2.19. The summed E-state index contributed by atoms with van der Waals surface area (Å²) in [6.07, 6.45) is 3.12. The summed E-state index contributed by atoms with van der Waals surface area (Å²) in [5, 5.41) is 0. The van der Waals surface area contributed by atoms with Gasteiger partial charge in [-0.25, -0.2) is 17.9 Å². The SMILES string of the molecule is C=CCN(CC=C)C(=O)COC(=O)c1cc(S(=O)(=O)NCC)ccc1C. The van der Waals surface area contributed by atoms with Crippen LogP contribution in [-0.2, 0) is 19.6 Å². The zero-order chi connectivity index (χ0) is 19.7. The van der Waals surface area contributed by atoms with Gasteiger partial charge in [-0.3, -0.25) is 4.79 Å². The van der Waals surface area contributed by atoms with Crippen LogP contribution in [0.4, 0.5) is 0 Å². The van der Waals surface area contributed by atoms with Crippen molar-refractivity contribution in [3.05, 3.63) is 54.6 Å². The number of ether oxygens (including phenoxy) is 1. The van der Waals surface area contributed by atoms with Gasteiger partial charge in [0, 0.05) is 19.6 Å². The molecule has 1 aromatic carbocycles. The summed E-state index contributed by atoms with van der Waals surface area (Å²) in [4.78, 5) is 25.8. The number of hydrogen-bond donors (Lipinski definition) is 1. The van der Waals surface area contributed by atoms with Gasteiger partial charge in [-0.05, 0) is 24.6 Å². The molecule has 0 aliphatic heterocycles. The molecule has 0 aliphatic carbocycles. The highest BCUT2D eigenvalue weighted by Gasteiger charge is 2.20. The van der Waals surface area contributed by atoms with Crippen LogP contribution in [0.25, 0.3) is 0 Å². The molecular weight excluding hydrogens is 356 g/mol. The van der Waals surface area contributed by atoms with E-state index in [1.807, 2.05) is 0 Å². The Morgan fingerprint density at radius 2 is 1.85 bits per heavy atom. The summed E-state index contributed by atoms with van der Waals surface area (Å²) in [7, 11) is -3.70. The van der Waals surface area contributed by atoms with E-state index in [2.05, 4.69) is 17.9 Å². The van der Waals surface area contributed by atoms with E-state index in [0.717, 1.165) is 0 Å². The van der Waals surface area contributed by atoms with Crippen LogP contribution in [0.3, 0.4) is 0 Å². The fraction of sp³-hybridized carbons (Fsp3) is 0.333. The number of esters is 1. The third-order valence-corrected chi connectivity index (χ3v) is 5.00. The molecule has 0 aromatic heterocycles. The van der Waals surface area contributed by atoms with Crippen LogP contribution in [0.15, 0.2) is 48.4 Å². The number of amides is 1. The molecule has 7 nitrogen and oxygen atoms in total. The lowest BCUT2D eigenvalue weighted by molar-refractivity contribution is -0.133. The van der Waals surface area contributed by atoms with Gasteiger partial charge in [0.2, 0.25) is 10.0 Å². The highest BCUT2D eigenvalue weighted by Crippen LogP contribution is 2.16. The molecule has 1 aromatic rings. The number of aryl methyl sites for hydroxylation is 1. The first-order chi connectivity index (χ1) is 12.3. The highest BCUT2D eigenvalue weighted by molar-refractivity contribution is 7.89. The Morgan fingerprint density at radius 1 is 1.23 bits per heavy atom. The van der Waals surface area contributed by atoms with Crippen molar-refractivity contribution >= 4 is 21.9 Å². The fourth-order valence-corrected chi connectivity index (χ4v) is 3.21. The second kappa shape index (κ2) is 9.88. The molecule has 142 valence electrons. The Hall–Kier alpha value is -2.45. The minimum atomic E-state index is -3.70. The van der Waals surface area contributed by atoms with Crippen LogP contribution in [0, 0.1) is 6.92 Å². The number of nitrogens with zero attached hydrogens (tertiary/aromatic N) is 1. The zero-order valence-electron chi connectivity index (χ0n) is 15.0. The maximum absolute atomic E-state index is 12.3. The van der Waals surface area contributed by atoms with Crippen LogP contribution in [0.1, 0.15) is 22.8 Å². The third kappa shape index (κ3) is 5.82. The first kappa shape index (κ1) is 21.6. The average Bonchev–Trinajstić information content (AvgIpc) is 2.59. The molecule has 0 bridgehead atoms. The van der Waals surface area contributed by atoms with Crippen molar-refractivity contribution in [2.45, 2.75) is 18.7 Å². The molecule has 0 fully saturated rings. The van der Waals surface area contributed by atoms with Gasteiger partial charge in [-0.15, -0.1) is 13.2 Å². The van der Waals surface area contributed by atoms with Gasteiger partial charge in [-0.2, -0.15) is 0 Å². The van der Waals surface area contributed by atoms with Crippen LogP contribution in [0.2, 0.25) is 0 Å². The van der Waals surface area contributed by atoms with Gasteiger partial charge in [-0.1, -0.05) is 25.1 Å². The Bertz CT molecular complexity index is 777. The molecule has 26 heavy (non-hydrogen) atoms. The van der Waals surface area contributed by atoms with Crippen molar-refractivity contribution < 1.29 is 22.7 Å². The molecule has 0 unspecified atom stereocenters. The van der Waals surface area contributed by atoms with Gasteiger partial charge in [0.25, 0.3) is 5.91 Å². The number of carbonyl (C=O) groups excluding carboxylic acids is 2. The molecule has 0 aliphatic rings. The molecule has 1 N–H and O–H groups in total. The molecule has 0 saturated carbocycles. The number of benzene rings is 1. The first-order valence-electron chi connectivity index (χ1n) is 8.03. The molecular formula is C18H24N2O5S. The van der Waals surface area contributed by atoms with E-state index in [-0.39, 0.29) is 17.0 Å². The predicted molar refractivity (Wildman–Crippen MR) is 99.3 cm³/mol. The Morgan fingerprint density at radius 3 is 2.38 bits per heavy atom. The Balaban J connectivity index is 2.92. The van der Waals surface area contributed by atoms with Crippen LogP contribution in [-0.4, -0.2) is 51.4 Å². The largest absolute Gasteiger partial charge is 0.452 e. The van der Waals surface area contributed by atoms with Gasteiger partial charge in [0.1, 0.15) is 0 Å². The van der Waals surface area contributed by atoms with Gasteiger partial charge in [0.15, 0.2) is 6.61 Å². The summed E-state index contributed by atoms with van der Waals surface area (Å²) in [6.45, 7) is 10.8. The minimum Gasteiger partial charge on any atom is -0.452 e. The Kier molecular flexibility index (Phi) is 8.21. The van der Waals surface area contributed by atoms with Crippen LogP contribution < -0.4 is 4.72 Å². The van der Waals surface area contributed by atoms with Crippen molar-refractivity contribution in [3.8, 4) is 0 Å². The summed E-state index contributed by atoms with van der Waals surface area (Å²) >= 11 is 0. The van der Waals surface area contributed by atoms with E-state index < -0.39 is 28.5 Å². The molecule has 1 rings (SSSR count). The summed E-state index contributed by atoms with van der Waals surface area (Å²) in [5.41, 5.74) is 0.641. The van der Waals surface area contributed by atoms with E-state index in [9.17, 15) is 18.0 Å². The lowest BCUT2D eigenvalue weighted by Crippen LogP contribution is -2.35. The Labute approximate surface area is 154 Å². The topological polar surface area (TPSA) is 92.8 Å². The monoisotopic (exact) mass is 380 g/mol. The number of rotatable bonds is 10. The highest BCUT2D eigenvalue weighted by atomic mass is 32.2. The van der Waals surface area contributed by atoms with Gasteiger partial charge in [0.05, 0.1) is 10.5 Å². The quantitative estimate of drug-likeness (QED) is 0.492. The number of carbonyl (C=O) groups is 2. The molecule has 1 amide bonds. The van der Waals surface area contributed by atoms with Crippen LogP contribution in [0.5, 0.6) is 0 Å². The number of hydrogen-bond acceptors (Lipinski definition) is 5. The third-order valence-electron chi connectivity index (χ3n) is 3.45. The lowest BCUT2D eigenvalue weighted by atomic mass is 10.1. The number of nitrogens with one attached hydrogen (secondary N) is 1. The summed E-state index contributed by atoms with van der Waals surface area (Å²) in [6, 6.07) is 4.17. The standard InChI is InChI=1S/C18H24N2O5S/c1-5-10-20(11-6-2)17(21)13-25-18(22)16-12-15(9-8-14(16)4)26(23,24)19-7-3/h5-6,8-9,12,19H,1-2,7,10-11,13H2,3-4H3. The molecule has 0 atom stereocenters. The molecule has 0 heterocycles. The van der Waals surface area contributed by atoms with E-state index in [0.29, 0.717) is 18.7 Å². The van der Waals surface area contributed by atoms with Crippen molar-refractivity contribution in [2.75, 3.05) is 26.2 Å². The maximum atomic E-state index is 12.3. The first-order valence-corrected chi connectivity index (χ1v) is 9.52. The van der Waals surface area contributed by atoms with E-state index in [1.165, 1.54) is 23.1 Å². The minimum absolute atomic E-state index is 0.0387. The summed E-state index contributed by atoms with van der Waals surface area (Å²) < 4.78 is 31.6. The van der Waals surface area contributed by atoms with E-state index >= 15 is 0 Å². The second-order valence-electron chi connectivity index (χ2n) is 5.43. The van der Waals surface area contributed by atoms with Crippen LogP contribution >= 0.6 is 0 Å². The van der Waals surface area contributed by atoms with Crippen molar-refractivity contribution in [3.63, 3.8) is 0 Å². The molecule has 8 heteroatoms. The van der Waals surface area contributed by atoms with Gasteiger partial charge < -0.3 is 9.64 Å².